The number of carboxylic acid groups (broad SMARTS) is 1. The van der Waals surface area contributed by atoms with Crippen LogP contribution >= 0.6 is 12.6 Å². The Hall–Kier alpha value is -0.550. The molecule has 1 saturated heterocycles. The molecule has 1 rings (SSSR count). The van der Waals surface area contributed by atoms with Gasteiger partial charge in [-0.2, -0.15) is 21.9 Å². The Morgan fingerprint density at radius 1 is 1.60 bits per heavy atom. The number of likely N-dealkylation sites (tertiary alicyclic amines) is 1. The minimum atomic E-state index is -1.02. The largest absolute Gasteiger partial charge is 0.521 e. The van der Waals surface area contributed by atoms with Crippen LogP contribution in [0.5, 0.6) is 0 Å². The summed E-state index contributed by atoms with van der Waals surface area (Å²) in [7, 11) is 0. The predicted molar refractivity (Wildman–Crippen MR) is 59.9 cm³/mol. The van der Waals surface area contributed by atoms with Crippen molar-refractivity contribution >= 4 is 24.6 Å². The molecule has 1 fully saturated rings. The second-order valence-electron chi connectivity index (χ2n) is 4.29. The van der Waals surface area contributed by atoms with Crippen LogP contribution in [0.3, 0.4) is 0 Å². The normalized spacial score (nSPS) is 32.6. The highest BCUT2D eigenvalue weighted by molar-refractivity contribution is 7.80. The quantitative estimate of drug-likeness (QED) is 0.563. The van der Waals surface area contributed by atoms with Crippen LogP contribution in [0.25, 0.3) is 0 Å². The van der Waals surface area contributed by atoms with E-state index in [0.717, 1.165) is 12.8 Å². The number of nitrogens with zero attached hydrogens (tertiary/aromatic N) is 1. The van der Waals surface area contributed by atoms with E-state index in [2.05, 4.69) is 12.6 Å². The second kappa shape index (κ2) is 4.53. The van der Waals surface area contributed by atoms with Crippen molar-refractivity contribution < 1.29 is 19.2 Å². The van der Waals surface area contributed by atoms with Gasteiger partial charge in [0, 0.05) is 18.6 Å². The molecule has 1 unspecified atom stereocenters. The molecule has 0 bridgehead atoms. The summed E-state index contributed by atoms with van der Waals surface area (Å²) in [4.78, 5) is 23.4. The first-order chi connectivity index (χ1) is 6.96. The van der Waals surface area contributed by atoms with E-state index in [9.17, 15) is 14.7 Å². The number of hydrogen-bond donors (Lipinski definition) is 2. The summed E-state index contributed by atoms with van der Waals surface area (Å²) >= 11 is 4.06. The fourth-order valence-electron chi connectivity index (χ4n) is 2.25. The molecule has 2 amide bonds. The molecule has 5 heteroatoms. The smallest absolute Gasteiger partial charge is 0.435 e. The molecule has 1 aliphatic heterocycles. The molecule has 1 heterocycles. The molecule has 1 N–H and O–H groups in total. The van der Waals surface area contributed by atoms with Crippen LogP contribution in [0.2, 0.25) is 0 Å². The van der Waals surface area contributed by atoms with Crippen molar-refractivity contribution in [2.24, 2.45) is 5.92 Å². The first kappa shape index (κ1) is 12.5. The van der Waals surface area contributed by atoms with Crippen molar-refractivity contribution in [3.05, 3.63) is 0 Å². The maximum absolute atomic E-state index is 12.1. The highest BCUT2D eigenvalue weighted by Crippen LogP contribution is 2.30. The molecule has 15 heavy (non-hydrogen) atoms. The summed E-state index contributed by atoms with van der Waals surface area (Å²) in [5.74, 6) is -0.105. The number of amides is 2. The van der Waals surface area contributed by atoms with Gasteiger partial charge < -0.3 is 5.11 Å². The zero-order valence-electron chi connectivity index (χ0n) is 9.14. The summed E-state index contributed by atoms with van der Waals surface area (Å²) in [6, 6.07) is -0.114. The minimum Gasteiger partial charge on any atom is -0.435 e. The zero-order chi connectivity index (χ0) is 11.6. The fourth-order valence-corrected chi connectivity index (χ4v) is 2.41. The average Bonchev–Trinajstić information content (AvgIpc) is 2.58. The average molecular weight is 232 g/mol. The van der Waals surface area contributed by atoms with Gasteiger partial charge in [0.1, 0.15) is 6.04 Å². The monoisotopic (exact) mass is 232 g/mol. The van der Waals surface area contributed by atoms with Crippen molar-refractivity contribution in [3.8, 4) is 0 Å². The SMILES string of the molecule is C[C@H](CS)C(=O)[N+]1(C(=O)O)CCC[C@H]1C. The highest BCUT2D eigenvalue weighted by atomic mass is 32.1. The van der Waals surface area contributed by atoms with Gasteiger partial charge in [-0.1, -0.05) is 0 Å². The second-order valence-corrected chi connectivity index (χ2v) is 4.65. The van der Waals surface area contributed by atoms with Gasteiger partial charge in [0.05, 0.1) is 12.5 Å². The Morgan fingerprint density at radius 3 is 2.53 bits per heavy atom. The van der Waals surface area contributed by atoms with Crippen LogP contribution < -0.4 is 0 Å². The van der Waals surface area contributed by atoms with Gasteiger partial charge in [0.15, 0.2) is 0 Å². The Labute approximate surface area is 95.3 Å². The molecular weight excluding hydrogens is 214 g/mol. The van der Waals surface area contributed by atoms with Crippen LogP contribution in [0.4, 0.5) is 4.79 Å². The van der Waals surface area contributed by atoms with Crippen molar-refractivity contribution in [1.29, 1.82) is 0 Å². The maximum Gasteiger partial charge on any atom is 0.521 e. The molecule has 0 spiro atoms. The van der Waals surface area contributed by atoms with Crippen molar-refractivity contribution in [2.75, 3.05) is 12.3 Å². The topological polar surface area (TPSA) is 54.4 Å². The van der Waals surface area contributed by atoms with Gasteiger partial charge in [0.2, 0.25) is 0 Å². The minimum absolute atomic E-state index is 0.114. The standard InChI is InChI=1S/C10H17NO3S/c1-7(6-15)9(12)11(10(13)14)5-3-4-8(11)2/h7-8H,3-6H2,1-2H3,(H-,13,14,15)/p+1/t7-,8-,11?/m1/s1. The van der Waals surface area contributed by atoms with Crippen molar-refractivity contribution in [3.63, 3.8) is 0 Å². The van der Waals surface area contributed by atoms with E-state index in [4.69, 9.17) is 0 Å². The third-order valence-corrected chi connectivity index (χ3v) is 3.86. The highest BCUT2D eigenvalue weighted by Gasteiger charge is 2.53. The number of rotatable bonds is 2. The van der Waals surface area contributed by atoms with Crippen LogP contribution in [0.15, 0.2) is 0 Å². The Balaban J connectivity index is 3.02. The van der Waals surface area contributed by atoms with Crippen molar-refractivity contribution in [1.82, 2.24) is 0 Å². The molecule has 3 atom stereocenters. The maximum atomic E-state index is 12.1. The molecule has 0 aliphatic carbocycles. The van der Waals surface area contributed by atoms with E-state index >= 15 is 0 Å². The molecule has 4 nitrogen and oxygen atoms in total. The molecule has 86 valence electrons. The Morgan fingerprint density at radius 2 is 2.20 bits per heavy atom. The number of carbonyl (C=O) groups excluding carboxylic acids is 1. The van der Waals surface area contributed by atoms with Gasteiger partial charge >= 0.3 is 12.0 Å². The molecule has 1 aliphatic rings. The van der Waals surface area contributed by atoms with Gasteiger partial charge in [-0.3, -0.25) is 0 Å². The number of thiol groups is 1. The molecule has 0 radical (unpaired) electrons. The van der Waals surface area contributed by atoms with Gasteiger partial charge in [-0.25, -0.2) is 4.79 Å². The fraction of sp³-hybridized carbons (Fsp3) is 0.800. The molecule has 0 aromatic heterocycles. The summed E-state index contributed by atoms with van der Waals surface area (Å²) in [6.07, 6.45) is 0.592. The van der Waals surface area contributed by atoms with E-state index in [1.807, 2.05) is 6.92 Å². The Bertz CT molecular complexity index is 282. The number of carbonyl (C=O) groups is 2. The summed E-state index contributed by atoms with van der Waals surface area (Å²) in [5.41, 5.74) is 0. The predicted octanol–water partition coefficient (Wildman–Crippen LogP) is 1.76. The number of imide groups is 1. The summed E-state index contributed by atoms with van der Waals surface area (Å²) in [5, 5.41) is 9.28. The molecule has 0 saturated carbocycles. The van der Waals surface area contributed by atoms with E-state index in [1.165, 1.54) is 0 Å². The first-order valence-electron chi connectivity index (χ1n) is 5.23. The van der Waals surface area contributed by atoms with E-state index in [-0.39, 0.29) is 17.9 Å². The van der Waals surface area contributed by atoms with E-state index < -0.39 is 10.6 Å². The van der Waals surface area contributed by atoms with Gasteiger partial charge in [0.25, 0.3) is 0 Å². The molecule has 0 aromatic rings. The lowest BCUT2D eigenvalue weighted by Gasteiger charge is -2.31. The Kier molecular flexibility index (Phi) is 3.78. The van der Waals surface area contributed by atoms with Crippen LogP contribution in [0.1, 0.15) is 26.7 Å². The number of quaternary nitrogens is 1. The summed E-state index contributed by atoms with van der Waals surface area (Å²) < 4.78 is -0.401. The third-order valence-electron chi connectivity index (χ3n) is 3.32. The molecule has 0 aromatic carbocycles. The lowest BCUT2D eigenvalue weighted by molar-refractivity contribution is -0.793. The van der Waals surface area contributed by atoms with E-state index in [1.54, 1.807) is 6.92 Å². The lowest BCUT2D eigenvalue weighted by Crippen LogP contribution is -2.60. The van der Waals surface area contributed by atoms with Crippen LogP contribution in [-0.4, -0.2) is 39.9 Å². The van der Waals surface area contributed by atoms with Gasteiger partial charge in [-0.05, 0) is 13.8 Å². The first-order valence-corrected chi connectivity index (χ1v) is 5.86. The van der Waals surface area contributed by atoms with Crippen LogP contribution in [0, 0.1) is 5.92 Å². The van der Waals surface area contributed by atoms with Crippen molar-refractivity contribution in [2.45, 2.75) is 32.7 Å². The van der Waals surface area contributed by atoms with Crippen LogP contribution in [-0.2, 0) is 4.79 Å². The summed E-state index contributed by atoms with van der Waals surface area (Å²) in [6.45, 7) is 4.00. The molecular formula is C10H18NO3S+. The third kappa shape index (κ3) is 1.90. The zero-order valence-corrected chi connectivity index (χ0v) is 10.0. The number of hydrogen-bond acceptors (Lipinski definition) is 3. The van der Waals surface area contributed by atoms with Gasteiger partial charge in [-0.15, -0.1) is 0 Å². The lowest BCUT2D eigenvalue weighted by atomic mass is 10.1. The van der Waals surface area contributed by atoms with E-state index in [0.29, 0.717) is 12.3 Å².